The van der Waals surface area contributed by atoms with Crippen LogP contribution in [-0.2, 0) is 0 Å². The van der Waals surface area contributed by atoms with Gasteiger partial charge in [0.1, 0.15) is 5.01 Å². The fourth-order valence-corrected chi connectivity index (χ4v) is 3.61. The molecule has 0 aliphatic carbocycles. The smallest absolute Gasteiger partial charge is 0.110 e. The van der Waals surface area contributed by atoms with Crippen LogP contribution in [0, 0.1) is 6.92 Å². The average Bonchev–Trinajstić information content (AvgIpc) is 2.75. The molecule has 0 aromatic carbocycles. The molecule has 2 heterocycles. The fourth-order valence-electron chi connectivity index (χ4n) is 2.73. The minimum absolute atomic E-state index is 0.460. The second kappa shape index (κ2) is 5.46. The van der Waals surface area contributed by atoms with E-state index >= 15 is 0 Å². The minimum Gasteiger partial charge on any atom is -0.317 e. The van der Waals surface area contributed by atoms with Gasteiger partial charge < -0.3 is 5.32 Å². The summed E-state index contributed by atoms with van der Waals surface area (Å²) in [7, 11) is 2.07. The van der Waals surface area contributed by atoms with Crippen LogP contribution in [0.4, 0.5) is 0 Å². The number of hydrogen-bond acceptors (Lipinski definition) is 4. The number of thiazole rings is 1. The molecule has 0 bridgehead atoms. The Morgan fingerprint density at radius 1 is 1.59 bits per heavy atom. The van der Waals surface area contributed by atoms with E-state index in [9.17, 15) is 0 Å². The van der Waals surface area contributed by atoms with Crippen molar-refractivity contribution in [1.82, 2.24) is 15.2 Å². The van der Waals surface area contributed by atoms with Gasteiger partial charge >= 0.3 is 0 Å². The highest BCUT2D eigenvalue weighted by molar-refractivity contribution is 7.09. The summed E-state index contributed by atoms with van der Waals surface area (Å²) in [4.78, 5) is 7.21. The summed E-state index contributed by atoms with van der Waals surface area (Å²) in [6.07, 6.45) is 2.49. The Kier molecular flexibility index (Phi) is 4.17. The van der Waals surface area contributed by atoms with E-state index in [1.807, 2.05) is 0 Å². The molecular weight excluding hydrogens is 230 g/mol. The van der Waals surface area contributed by atoms with Gasteiger partial charge in [0.15, 0.2) is 0 Å². The number of aromatic nitrogens is 1. The standard InChI is InChI=1S/C13H23N3S/c1-9-8-17-13(15-9)11(3)16-6-5-12(14-4)7-10(16)2/h8,10-12,14H,5-7H2,1-4H3. The second-order valence-electron chi connectivity index (χ2n) is 5.10. The van der Waals surface area contributed by atoms with Gasteiger partial charge in [-0.15, -0.1) is 11.3 Å². The van der Waals surface area contributed by atoms with Crippen molar-refractivity contribution in [3.8, 4) is 0 Å². The first-order valence-electron chi connectivity index (χ1n) is 6.47. The maximum atomic E-state index is 4.62. The van der Waals surface area contributed by atoms with E-state index in [4.69, 9.17) is 0 Å². The molecule has 4 heteroatoms. The van der Waals surface area contributed by atoms with Crippen LogP contribution < -0.4 is 5.32 Å². The van der Waals surface area contributed by atoms with Gasteiger partial charge in [-0.05, 0) is 40.7 Å². The molecule has 2 rings (SSSR count). The molecule has 1 saturated heterocycles. The fraction of sp³-hybridized carbons (Fsp3) is 0.769. The lowest BCUT2D eigenvalue weighted by Gasteiger charge is -2.40. The van der Waals surface area contributed by atoms with Crippen molar-refractivity contribution in [3.05, 3.63) is 16.1 Å². The van der Waals surface area contributed by atoms with Crippen LogP contribution >= 0.6 is 11.3 Å². The summed E-state index contributed by atoms with van der Waals surface area (Å²) in [5, 5.41) is 6.81. The molecule has 0 amide bonds. The van der Waals surface area contributed by atoms with E-state index < -0.39 is 0 Å². The third kappa shape index (κ3) is 2.87. The van der Waals surface area contributed by atoms with Crippen LogP contribution in [0.5, 0.6) is 0 Å². The lowest BCUT2D eigenvalue weighted by Crippen LogP contribution is -2.47. The molecule has 1 aromatic heterocycles. The van der Waals surface area contributed by atoms with Gasteiger partial charge in [0.2, 0.25) is 0 Å². The Balaban J connectivity index is 2.03. The van der Waals surface area contributed by atoms with Crippen LogP contribution in [-0.4, -0.2) is 35.6 Å². The first kappa shape index (κ1) is 13.0. The number of hydrogen-bond donors (Lipinski definition) is 1. The Bertz CT molecular complexity index is 363. The predicted molar refractivity (Wildman–Crippen MR) is 73.5 cm³/mol. The second-order valence-corrected chi connectivity index (χ2v) is 5.99. The summed E-state index contributed by atoms with van der Waals surface area (Å²) in [5.41, 5.74) is 1.15. The molecule has 1 aliphatic rings. The topological polar surface area (TPSA) is 28.2 Å². The van der Waals surface area contributed by atoms with Crippen LogP contribution in [0.3, 0.4) is 0 Å². The van der Waals surface area contributed by atoms with Crippen molar-refractivity contribution in [2.75, 3.05) is 13.6 Å². The molecule has 3 unspecified atom stereocenters. The number of piperidine rings is 1. The Morgan fingerprint density at radius 2 is 2.35 bits per heavy atom. The predicted octanol–water partition coefficient (Wildman–Crippen LogP) is 2.58. The maximum Gasteiger partial charge on any atom is 0.110 e. The van der Waals surface area contributed by atoms with Crippen molar-refractivity contribution in [3.63, 3.8) is 0 Å². The first-order valence-corrected chi connectivity index (χ1v) is 7.34. The third-order valence-electron chi connectivity index (χ3n) is 3.83. The number of nitrogens with one attached hydrogen (secondary N) is 1. The van der Waals surface area contributed by atoms with E-state index in [2.05, 4.69) is 48.4 Å². The molecule has 96 valence electrons. The zero-order chi connectivity index (χ0) is 12.4. The quantitative estimate of drug-likeness (QED) is 0.897. The Hall–Kier alpha value is -0.450. The normalized spacial score (nSPS) is 28.2. The zero-order valence-electron chi connectivity index (χ0n) is 11.2. The SMILES string of the molecule is CNC1CCN(C(C)c2nc(C)cs2)C(C)C1. The largest absolute Gasteiger partial charge is 0.317 e. The molecule has 0 radical (unpaired) electrons. The maximum absolute atomic E-state index is 4.62. The summed E-state index contributed by atoms with van der Waals surface area (Å²) >= 11 is 1.79. The zero-order valence-corrected chi connectivity index (χ0v) is 12.0. The van der Waals surface area contributed by atoms with Crippen LogP contribution in [0.2, 0.25) is 0 Å². The molecule has 0 spiro atoms. The van der Waals surface area contributed by atoms with Crippen molar-refractivity contribution < 1.29 is 0 Å². The van der Waals surface area contributed by atoms with Crippen molar-refractivity contribution >= 4 is 11.3 Å². The summed E-state index contributed by atoms with van der Waals surface area (Å²) in [6, 6.07) is 1.79. The Labute approximate surface area is 108 Å². The molecule has 3 nitrogen and oxygen atoms in total. The molecule has 17 heavy (non-hydrogen) atoms. The minimum atomic E-state index is 0.460. The average molecular weight is 253 g/mol. The van der Waals surface area contributed by atoms with Crippen LogP contribution in [0.1, 0.15) is 43.4 Å². The molecular formula is C13H23N3S. The molecule has 1 aromatic rings. The molecule has 1 fully saturated rings. The van der Waals surface area contributed by atoms with E-state index in [0.29, 0.717) is 18.1 Å². The molecule has 3 atom stereocenters. The van der Waals surface area contributed by atoms with Crippen molar-refractivity contribution in [2.45, 2.75) is 51.7 Å². The number of rotatable bonds is 3. The van der Waals surface area contributed by atoms with Crippen LogP contribution in [0.15, 0.2) is 5.38 Å². The molecule has 1 N–H and O–H groups in total. The summed E-state index contributed by atoms with van der Waals surface area (Å²) in [5.74, 6) is 0. The van der Waals surface area contributed by atoms with E-state index in [1.54, 1.807) is 11.3 Å². The van der Waals surface area contributed by atoms with Gasteiger partial charge in [-0.3, -0.25) is 4.90 Å². The number of aryl methyl sites for hydroxylation is 1. The summed E-state index contributed by atoms with van der Waals surface area (Å²) < 4.78 is 0. The molecule has 1 aliphatic heterocycles. The van der Waals surface area contributed by atoms with E-state index in [0.717, 1.165) is 5.69 Å². The highest BCUT2D eigenvalue weighted by Gasteiger charge is 2.29. The summed E-state index contributed by atoms with van der Waals surface area (Å²) in [6.45, 7) is 7.87. The van der Waals surface area contributed by atoms with Gasteiger partial charge in [-0.1, -0.05) is 0 Å². The Morgan fingerprint density at radius 3 is 2.88 bits per heavy atom. The third-order valence-corrected chi connectivity index (χ3v) is 4.96. The van der Waals surface area contributed by atoms with E-state index in [1.165, 1.54) is 24.4 Å². The van der Waals surface area contributed by atoms with Gasteiger partial charge in [0, 0.05) is 29.7 Å². The van der Waals surface area contributed by atoms with Gasteiger partial charge in [-0.25, -0.2) is 4.98 Å². The number of likely N-dealkylation sites (tertiary alicyclic amines) is 1. The van der Waals surface area contributed by atoms with Gasteiger partial charge in [0.25, 0.3) is 0 Å². The van der Waals surface area contributed by atoms with Gasteiger partial charge in [0.05, 0.1) is 6.04 Å². The first-order chi connectivity index (χ1) is 8.11. The highest BCUT2D eigenvalue weighted by Crippen LogP contribution is 2.29. The van der Waals surface area contributed by atoms with Crippen LogP contribution in [0.25, 0.3) is 0 Å². The van der Waals surface area contributed by atoms with Crippen molar-refractivity contribution in [2.24, 2.45) is 0 Å². The number of nitrogens with zero attached hydrogens (tertiary/aromatic N) is 2. The highest BCUT2D eigenvalue weighted by atomic mass is 32.1. The molecule has 0 saturated carbocycles. The van der Waals surface area contributed by atoms with E-state index in [-0.39, 0.29) is 0 Å². The lowest BCUT2D eigenvalue weighted by atomic mass is 9.97. The lowest BCUT2D eigenvalue weighted by molar-refractivity contribution is 0.0973. The van der Waals surface area contributed by atoms with Gasteiger partial charge in [-0.2, -0.15) is 0 Å². The monoisotopic (exact) mass is 253 g/mol. The van der Waals surface area contributed by atoms with Crippen molar-refractivity contribution in [1.29, 1.82) is 0 Å².